The lowest BCUT2D eigenvalue weighted by Crippen LogP contribution is -2.63. The summed E-state index contributed by atoms with van der Waals surface area (Å²) in [5, 5.41) is 5.64. The summed E-state index contributed by atoms with van der Waals surface area (Å²) in [6, 6.07) is 15.7. The molecule has 4 aliphatic rings. The number of amides is 5. The SMILES string of the molecule is C=CC(=O)N1CN(C)C2(CCN(C(=O)N(C)[C@H](C(=O)N[C@H]3Cc4cccc(c4)-c4ccc5c(c4)c(c(-c4cccnc4[C@H](C)OC)n5CC)CC(C)(C)COC(=O)[C@@H]4CCCN(N4)C3=O)C(C)C)CC2)C1. The zero-order valence-corrected chi connectivity index (χ0v) is 43.1. The number of hydrogen-bond acceptors (Lipinski definition) is 10. The Labute approximate surface area is 418 Å². The lowest BCUT2D eigenvalue weighted by molar-refractivity contribution is -0.155. The number of pyridine rings is 1. The third kappa shape index (κ3) is 10.3. The van der Waals surface area contributed by atoms with Crippen LogP contribution in [0, 0.1) is 11.3 Å². The zero-order chi connectivity index (χ0) is 50.9. The Morgan fingerprint density at radius 3 is 2.48 bits per heavy atom. The number of hydrogen-bond donors (Lipinski definition) is 2. The Morgan fingerprint density at radius 1 is 1.03 bits per heavy atom. The quantitative estimate of drug-likeness (QED) is 0.139. The average molecular weight is 972 g/mol. The third-order valence-corrected chi connectivity index (χ3v) is 15.4. The number of piperidine rings is 1. The molecule has 71 heavy (non-hydrogen) atoms. The smallest absolute Gasteiger partial charge is 0.324 e. The number of aromatic nitrogens is 2. The monoisotopic (exact) mass is 972 g/mol. The van der Waals surface area contributed by atoms with E-state index in [-0.39, 0.29) is 48.4 Å². The molecule has 16 heteroatoms. The van der Waals surface area contributed by atoms with E-state index in [1.165, 1.54) is 16.0 Å². The van der Waals surface area contributed by atoms with Crippen LogP contribution in [-0.2, 0) is 48.0 Å². The fourth-order valence-corrected chi connectivity index (χ4v) is 11.4. The molecule has 0 radical (unpaired) electrons. The molecule has 0 unspecified atom stereocenters. The van der Waals surface area contributed by atoms with Crippen molar-refractivity contribution in [1.29, 1.82) is 0 Å². The van der Waals surface area contributed by atoms with Gasteiger partial charge in [0.15, 0.2) is 0 Å². The van der Waals surface area contributed by atoms with Crippen molar-refractivity contribution < 1.29 is 33.4 Å². The van der Waals surface area contributed by atoms with Gasteiger partial charge in [0.1, 0.15) is 18.1 Å². The number of aryl methyl sites for hydroxylation is 1. The molecule has 2 N–H and O–H groups in total. The van der Waals surface area contributed by atoms with Crippen LogP contribution >= 0.6 is 0 Å². The predicted octanol–water partition coefficient (Wildman–Crippen LogP) is 6.57. The topological polar surface area (TPSA) is 162 Å². The maximum atomic E-state index is 14.8. The average Bonchev–Trinajstić information content (AvgIpc) is 3.85. The van der Waals surface area contributed by atoms with Crippen LogP contribution in [-0.4, -0.2) is 148 Å². The summed E-state index contributed by atoms with van der Waals surface area (Å²) in [6.45, 7) is 19.0. The van der Waals surface area contributed by atoms with Crippen LogP contribution in [0.3, 0.4) is 0 Å². The number of esters is 1. The number of fused-ring (bicyclic) bond motifs is 6. The van der Waals surface area contributed by atoms with Crippen LogP contribution in [0.1, 0.15) is 90.2 Å². The summed E-state index contributed by atoms with van der Waals surface area (Å²) in [7, 11) is 5.35. The van der Waals surface area contributed by atoms with Crippen molar-refractivity contribution in [3.63, 3.8) is 0 Å². The Balaban J connectivity index is 1.12. The summed E-state index contributed by atoms with van der Waals surface area (Å²) >= 11 is 0. The normalized spacial score (nSPS) is 21.5. The number of nitrogens with zero attached hydrogens (tertiary/aromatic N) is 7. The van der Waals surface area contributed by atoms with Crippen LogP contribution < -0.4 is 10.7 Å². The van der Waals surface area contributed by atoms with E-state index in [9.17, 15) is 24.0 Å². The number of urea groups is 1. The van der Waals surface area contributed by atoms with E-state index in [2.05, 4.69) is 84.0 Å². The molecule has 380 valence electrons. The van der Waals surface area contributed by atoms with Crippen LogP contribution in [0.25, 0.3) is 33.3 Å². The summed E-state index contributed by atoms with van der Waals surface area (Å²) in [4.78, 5) is 82.4. The van der Waals surface area contributed by atoms with Gasteiger partial charge in [0.05, 0.1) is 30.8 Å². The number of methoxy groups -OCH3 is 1. The zero-order valence-electron chi connectivity index (χ0n) is 43.1. The minimum Gasteiger partial charge on any atom is -0.464 e. The molecule has 3 saturated heterocycles. The van der Waals surface area contributed by atoms with E-state index in [4.69, 9.17) is 14.5 Å². The van der Waals surface area contributed by atoms with Gasteiger partial charge >= 0.3 is 12.0 Å². The molecule has 6 heterocycles. The van der Waals surface area contributed by atoms with Gasteiger partial charge in [-0.25, -0.2) is 10.2 Å². The summed E-state index contributed by atoms with van der Waals surface area (Å²) in [6.07, 6.45) is 6.00. The Bertz CT molecular complexity index is 2670. The molecule has 6 bridgehead atoms. The number of nitrogens with one attached hydrogen (secondary N) is 2. The highest BCUT2D eigenvalue weighted by Gasteiger charge is 2.47. The molecular formula is C55H73N9O7. The van der Waals surface area contributed by atoms with E-state index in [1.54, 1.807) is 30.2 Å². The second kappa shape index (κ2) is 20.9. The van der Waals surface area contributed by atoms with Crippen molar-refractivity contribution in [3.05, 3.63) is 90.3 Å². The number of carbonyl (C=O) groups is 5. The van der Waals surface area contributed by atoms with Gasteiger partial charge in [0, 0.05) is 86.9 Å². The van der Waals surface area contributed by atoms with E-state index in [0.717, 1.165) is 50.1 Å². The molecule has 3 fully saturated rings. The third-order valence-electron chi connectivity index (χ3n) is 15.4. The molecule has 4 aromatic rings. The first kappa shape index (κ1) is 51.3. The standard InChI is InChI=1S/C55H73N9O7/c1-11-46(65)62-32-55(59(8)34-62)22-26-61(27-23-55)53(69)60(9)48(35(3)4)50(66)57-44-29-37-16-13-17-38(28-37)39-20-21-45-41(30-39)42(49(63(45)12-2)40-18-14-24-56-47(40)36(5)70-10)31-54(6,7)33-71-52(68)43-19-15-25-64(58-43)51(44)67/h11,13-14,16-18,20-21,24,28,30,35-36,43-44,48,58H,1,12,15,19,22-23,25-27,29,31-34H2,2-10H3,(H,57,66)/t36-,43-,44-,48-/m0/s1. The molecule has 0 aliphatic carbocycles. The molecule has 8 rings (SSSR count). The number of ether oxygens (including phenoxy) is 2. The van der Waals surface area contributed by atoms with Crippen molar-refractivity contribution in [2.75, 3.05) is 60.7 Å². The van der Waals surface area contributed by atoms with E-state index in [1.807, 2.05) is 46.0 Å². The molecule has 2 aromatic carbocycles. The lowest BCUT2D eigenvalue weighted by atomic mass is 9.84. The number of rotatable bonds is 9. The molecular weight excluding hydrogens is 899 g/mol. The lowest BCUT2D eigenvalue weighted by Gasteiger charge is -2.44. The first-order valence-corrected chi connectivity index (χ1v) is 25.3. The highest BCUT2D eigenvalue weighted by Crippen LogP contribution is 2.42. The minimum atomic E-state index is -1.05. The molecule has 4 aliphatic heterocycles. The van der Waals surface area contributed by atoms with Crippen LogP contribution in [0.15, 0.2) is 73.4 Å². The molecule has 5 amide bonds. The van der Waals surface area contributed by atoms with Gasteiger partial charge in [0.2, 0.25) is 11.8 Å². The first-order chi connectivity index (χ1) is 33.9. The van der Waals surface area contributed by atoms with Crippen molar-refractivity contribution in [1.82, 2.24) is 44.9 Å². The number of likely N-dealkylation sites (tertiary alicyclic amines) is 1. The Kier molecular flexibility index (Phi) is 15.1. The number of benzene rings is 2. The van der Waals surface area contributed by atoms with E-state index >= 15 is 0 Å². The fraction of sp³-hybridized carbons (Fsp3) is 0.527. The number of hydrazine groups is 1. The first-order valence-electron chi connectivity index (χ1n) is 25.3. The highest BCUT2D eigenvalue weighted by atomic mass is 16.5. The van der Waals surface area contributed by atoms with Gasteiger partial charge in [-0.05, 0) is 112 Å². The second-order valence-electron chi connectivity index (χ2n) is 21.2. The molecule has 0 saturated carbocycles. The van der Waals surface area contributed by atoms with Gasteiger partial charge in [-0.1, -0.05) is 64.6 Å². The van der Waals surface area contributed by atoms with Gasteiger partial charge in [-0.15, -0.1) is 0 Å². The van der Waals surface area contributed by atoms with Gasteiger partial charge in [-0.3, -0.25) is 34.1 Å². The number of cyclic esters (lactones) is 1. The second-order valence-corrected chi connectivity index (χ2v) is 21.2. The van der Waals surface area contributed by atoms with Crippen LogP contribution in [0.5, 0.6) is 0 Å². The van der Waals surface area contributed by atoms with Crippen LogP contribution in [0.4, 0.5) is 4.79 Å². The van der Waals surface area contributed by atoms with Crippen molar-refractivity contribution in [3.8, 4) is 22.4 Å². The van der Waals surface area contributed by atoms with Crippen LogP contribution in [0.2, 0.25) is 0 Å². The molecule has 4 atom stereocenters. The molecule has 1 spiro atoms. The highest BCUT2D eigenvalue weighted by molar-refractivity contribution is 5.96. The van der Waals surface area contributed by atoms with E-state index in [0.29, 0.717) is 71.5 Å². The molecule has 2 aromatic heterocycles. The minimum absolute atomic E-state index is 0.109. The Morgan fingerprint density at radius 2 is 1.77 bits per heavy atom. The van der Waals surface area contributed by atoms with E-state index < -0.39 is 35.4 Å². The molecule has 16 nitrogen and oxygen atoms in total. The fourth-order valence-electron chi connectivity index (χ4n) is 11.4. The van der Waals surface area contributed by atoms with Gasteiger partial charge in [0.25, 0.3) is 5.91 Å². The largest absolute Gasteiger partial charge is 0.464 e. The maximum Gasteiger partial charge on any atom is 0.324 e. The predicted molar refractivity (Wildman–Crippen MR) is 274 cm³/mol. The number of carbonyl (C=O) groups excluding carboxylic acids is 5. The van der Waals surface area contributed by atoms with Crippen molar-refractivity contribution >= 4 is 40.6 Å². The summed E-state index contributed by atoms with van der Waals surface area (Å²) < 4.78 is 14.3. The van der Waals surface area contributed by atoms with Gasteiger partial charge < -0.3 is 34.1 Å². The van der Waals surface area contributed by atoms with Crippen molar-refractivity contribution in [2.45, 2.75) is 116 Å². The summed E-state index contributed by atoms with van der Waals surface area (Å²) in [5.41, 5.74) is 10.3. The summed E-state index contributed by atoms with van der Waals surface area (Å²) in [5.74, 6) is -1.69. The number of likely N-dealkylation sites (N-methyl/N-ethyl adjacent to an activating group) is 2. The maximum absolute atomic E-state index is 14.8. The van der Waals surface area contributed by atoms with Gasteiger partial charge in [-0.2, -0.15) is 0 Å². The Hall–Kier alpha value is -6.10. The van der Waals surface area contributed by atoms with Crippen molar-refractivity contribution in [2.24, 2.45) is 11.3 Å².